The van der Waals surface area contributed by atoms with E-state index in [0.29, 0.717) is 5.56 Å². The zero-order chi connectivity index (χ0) is 17.5. The first-order valence-electron chi connectivity index (χ1n) is 8.29. The van der Waals surface area contributed by atoms with Crippen LogP contribution in [0.3, 0.4) is 0 Å². The Morgan fingerprint density at radius 2 is 1.52 bits per heavy atom. The molecule has 25 heavy (non-hydrogen) atoms. The van der Waals surface area contributed by atoms with Gasteiger partial charge >= 0.3 is 0 Å². The molecule has 0 fully saturated rings. The van der Waals surface area contributed by atoms with Crippen LogP contribution in [0.25, 0.3) is 0 Å². The molecule has 0 bridgehead atoms. The first-order valence-corrected chi connectivity index (χ1v) is 9.45. The number of amides is 1. The second-order valence-corrected chi connectivity index (χ2v) is 6.98. The molecule has 0 atom stereocenters. The minimum absolute atomic E-state index is 0.0749. The van der Waals surface area contributed by atoms with E-state index in [-0.39, 0.29) is 5.91 Å². The first-order chi connectivity index (χ1) is 12.2. The highest BCUT2D eigenvalue weighted by molar-refractivity contribution is 7.97. The molecule has 1 amide bonds. The minimum Gasteiger partial charge on any atom is -0.322 e. The fourth-order valence-corrected chi connectivity index (χ4v) is 3.50. The highest BCUT2D eigenvalue weighted by atomic mass is 32.2. The van der Waals surface area contributed by atoms with Gasteiger partial charge in [0.15, 0.2) is 0 Å². The maximum absolute atomic E-state index is 12.3. The molecule has 0 saturated heterocycles. The topological polar surface area (TPSA) is 29.1 Å². The van der Waals surface area contributed by atoms with Crippen LogP contribution in [-0.2, 0) is 11.5 Å². The molecule has 0 unspecified atom stereocenters. The lowest BCUT2D eigenvalue weighted by atomic mass is 10.1. The molecule has 1 N–H and O–H groups in total. The number of carbonyl (C=O) groups is 1. The van der Waals surface area contributed by atoms with Crippen LogP contribution >= 0.6 is 11.8 Å². The number of carbonyl (C=O) groups excluding carboxylic acids is 1. The van der Waals surface area contributed by atoms with Crippen molar-refractivity contribution < 1.29 is 4.79 Å². The van der Waals surface area contributed by atoms with Crippen LogP contribution in [0.15, 0.2) is 78.9 Å². The lowest BCUT2D eigenvalue weighted by molar-refractivity contribution is 0.102. The Morgan fingerprint density at radius 1 is 0.840 bits per heavy atom. The lowest BCUT2D eigenvalue weighted by Gasteiger charge is -2.07. The third-order valence-corrected chi connectivity index (χ3v) is 4.95. The summed E-state index contributed by atoms with van der Waals surface area (Å²) in [5.74, 6) is 1.86. The number of hydrogen-bond acceptors (Lipinski definition) is 2. The lowest BCUT2D eigenvalue weighted by Crippen LogP contribution is -2.11. The number of rotatable bonds is 6. The predicted molar refractivity (Wildman–Crippen MR) is 107 cm³/mol. The van der Waals surface area contributed by atoms with Gasteiger partial charge in [0.25, 0.3) is 5.91 Å². The fraction of sp³-hybridized carbons (Fsp3) is 0.136. The number of benzene rings is 3. The maximum Gasteiger partial charge on any atom is 0.255 e. The third-order valence-electron chi connectivity index (χ3n) is 3.87. The van der Waals surface area contributed by atoms with Crippen molar-refractivity contribution in [1.82, 2.24) is 0 Å². The number of hydrogen-bond donors (Lipinski definition) is 1. The van der Waals surface area contributed by atoms with Gasteiger partial charge in [-0.3, -0.25) is 4.79 Å². The highest BCUT2D eigenvalue weighted by Gasteiger charge is 2.06. The van der Waals surface area contributed by atoms with E-state index >= 15 is 0 Å². The Bertz CT molecular complexity index is 828. The molecule has 3 rings (SSSR count). The van der Waals surface area contributed by atoms with Gasteiger partial charge in [-0.25, -0.2) is 0 Å². The van der Waals surface area contributed by atoms with E-state index < -0.39 is 0 Å². The molecule has 0 radical (unpaired) electrons. The van der Waals surface area contributed by atoms with Crippen molar-refractivity contribution in [2.75, 3.05) is 5.32 Å². The monoisotopic (exact) mass is 347 g/mol. The van der Waals surface area contributed by atoms with Crippen LogP contribution in [0.4, 0.5) is 5.69 Å². The van der Waals surface area contributed by atoms with Crippen molar-refractivity contribution in [3.63, 3.8) is 0 Å². The molecule has 0 aromatic heterocycles. The van der Waals surface area contributed by atoms with Crippen molar-refractivity contribution in [2.45, 2.75) is 18.4 Å². The summed E-state index contributed by atoms with van der Waals surface area (Å²) >= 11 is 1.88. The average molecular weight is 347 g/mol. The van der Waals surface area contributed by atoms with Crippen LogP contribution in [0.1, 0.15) is 27.0 Å². The third kappa shape index (κ3) is 5.23. The second-order valence-electron chi connectivity index (χ2n) is 6.00. The van der Waals surface area contributed by atoms with Crippen molar-refractivity contribution >= 4 is 23.4 Å². The minimum atomic E-state index is -0.0749. The molecule has 3 heteroatoms. The van der Waals surface area contributed by atoms with Crippen LogP contribution in [-0.4, -0.2) is 5.91 Å². The standard InChI is InChI=1S/C22H21NOS/c1-17-6-5-9-21(14-17)23-22(24)20-12-10-19(11-13-20)16-25-15-18-7-3-2-4-8-18/h2-14H,15-16H2,1H3,(H,23,24). The zero-order valence-corrected chi connectivity index (χ0v) is 15.1. The van der Waals surface area contributed by atoms with Crippen molar-refractivity contribution in [3.05, 3.63) is 101 Å². The summed E-state index contributed by atoms with van der Waals surface area (Å²) in [5, 5.41) is 2.94. The van der Waals surface area contributed by atoms with Gasteiger partial charge in [0.2, 0.25) is 0 Å². The largest absolute Gasteiger partial charge is 0.322 e. The molecule has 0 heterocycles. The zero-order valence-electron chi connectivity index (χ0n) is 14.2. The normalized spacial score (nSPS) is 10.4. The van der Waals surface area contributed by atoms with Gasteiger partial charge in [-0.05, 0) is 47.9 Å². The van der Waals surface area contributed by atoms with E-state index in [1.54, 1.807) is 0 Å². The van der Waals surface area contributed by atoms with Crippen molar-refractivity contribution in [1.29, 1.82) is 0 Å². The van der Waals surface area contributed by atoms with E-state index in [9.17, 15) is 4.79 Å². The molecule has 126 valence electrons. The molecule has 0 spiro atoms. The van der Waals surface area contributed by atoms with E-state index in [1.807, 2.05) is 73.3 Å². The number of nitrogens with one attached hydrogen (secondary N) is 1. The van der Waals surface area contributed by atoms with E-state index in [4.69, 9.17) is 0 Å². The average Bonchev–Trinajstić information content (AvgIpc) is 2.63. The quantitative estimate of drug-likeness (QED) is 0.621. The molecule has 0 aliphatic rings. The predicted octanol–water partition coefficient (Wildman–Crippen LogP) is 5.68. The second kappa shape index (κ2) is 8.54. The Balaban J connectivity index is 1.53. The van der Waals surface area contributed by atoms with E-state index in [1.165, 1.54) is 11.1 Å². The molecule has 2 nitrogen and oxygen atoms in total. The van der Waals surface area contributed by atoms with Crippen LogP contribution in [0, 0.1) is 6.92 Å². The number of thioether (sulfide) groups is 1. The molecule has 0 aliphatic carbocycles. The Kier molecular flexibility index (Phi) is 5.91. The summed E-state index contributed by atoms with van der Waals surface area (Å²) in [5.41, 5.74) is 5.20. The summed E-state index contributed by atoms with van der Waals surface area (Å²) in [4.78, 5) is 12.3. The molecule has 3 aromatic rings. The summed E-state index contributed by atoms with van der Waals surface area (Å²) in [7, 11) is 0. The Morgan fingerprint density at radius 3 is 2.20 bits per heavy atom. The van der Waals surface area contributed by atoms with Gasteiger partial charge in [-0.2, -0.15) is 11.8 Å². The molecule has 0 saturated carbocycles. The van der Waals surface area contributed by atoms with E-state index in [0.717, 1.165) is 22.8 Å². The Labute approximate surface area is 153 Å². The van der Waals surface area contributed by atoms with Crippen molar-refractivity contribution in [3.8, 4) is 0 Å². The summed E-state index contributed by atoms with van der Waals surface area (Å²) in [6.45, 7) is 2.01. The molecular formula is C22H21NOS. The van der Waals surface area contributed by atoms with Crippen LogP contribution in [0.2, 0.25) is 0 Å². The smallest absolute Gasteiger partial charge is 0.255 e. The van der Waals surface area contributed by atoms with Gasteiger partial charge in [0.1, 0.15) is 0 Å². The van der Waals surface area contributed by atoms with Gasteiger partial charge in [-0.15, -0.1) is 0 Å². The first kappa shape index (κ1) is 17.3. The molecular weight excluding hydrogens is 326 g/mol. The SMILES string of the molecule is Cc1cccc(NC(=O)c2ccc(CSCc3ccccc3)cc2)c1. The molecule has 0 aliphatic heterocycles. The maximum atomic E-state index is 12.3. The summed E-state index contributed by atoms with van der Waals surface area (Å²) < 4.78 is 0. The summed E-state index contributed by atoms with van der Waals surface area (Å²) in [6.07, 6.45) is 0. The van der Waals surface area contributed by atoms with Gasteiger partial charge < -0.3 is 5.32 Å². The summed E-state index contributed by atoms with van der Waals surface area (Å²) in [6, 6.07) is 26.1. The van der Waals surface area contributed by atoms with Crippen LogP contribution < -0.4 is 5.32 Å². The van der Waals surface area contributed by atoms with Gasteiger partial charge in [0, 0.05) is 22.8 Å². The van der Waals surface area contributed by atoms with Crippen molar-refractivity contribution in [2.24, 2.45) is 0 Å². The molecule has 3 aromatic carbocycles. The Hall–Kier alpha value is -2.52. The van der Waals surface area contributed by atoms with Gasteiger partial charge in [0.05, 0.1) is 0 Å². The van der Waals surface area contributed by atoms with E-state index in [2.05, 4.69) is 29.6 Å². The van der Waals surface area contributed by atoms with Gasteiger partial charge in [-0.1, -0.05) is 54.6 Å². The highest BCUT2D eigenvalue weighted by Crippen LogP contribution is 2.18. The fourth-order valence-electron chi connectivity index (χ4n) is 2.54. The number of aryl methyl sites for hydroxylation is 1. The van der Waals surface area contributed by atoms with Crippen LogP contribution in [0.5, 0.6) is 0 Å². The number of anilines is 1.